The normalized spacial score (nSPS) is 22.5. The Kier molecular flexibility index (Phi) is 4.30. The topological polar surface area (TPSA) is 111 Å². The van der Waals surface area contributed by atoms with E-state index < -0.39 is 0 Å². The molecule has 4 rings (SSSR count). The molecule has 0 spiro atoms. The summed E-state index contributed by atoms with van der Waals surface area (Å²) in [5.41, 5.74) is 7.95. The summed E-state index contributed by atoms with van der Waals surface area (Å²) in [4.78, 5) is 2.29. The Morgan fingerprint density at radius 1 is 1.19 bits per heavy atom. The van der Waals surface area contributed by atoms with Gasteiger partial charge < -0.3 is 26.5 Å². The highest BCUT2D eigenvalue weighted by atomic mass is 16.3. The van der Waals surface area contributed by atoms with Crippen molar-refractivity contribution in [3.8, 4) is 17.0 Å². The number of nitrogens with one attached hydrogen (secondary N) is 2. The molecule has 0 saturated carbocycles. The lowest BCUT2D eigenvalue weighted by Crippen LogP contribution is -2.26. The van der Waals surface area contributed by atoms with Crippen LogP contribution < -0.4 is 16.0 Å². The maximum absolute atomic E-state index is 10.3. The van der Waals surface area contributed by atoms with Crippen molar-refractivity contribution >= 4 is 17.6 Å². The molecule has 1 aromatic heterocycles. The van der Waals surface area contributed by atoms with E-state index in [4.69, 9.17) is 11.1 Å². The van der Waals surface area contributed by atoms with Gasteiger partial charge in [-0.25, -0.2) is 0 Å². The predicted octanol–water partition coefficient (Wildman–Crippen LogP) is 1.45. The predicted molar refractivity (Wildman–Crippen MR) is 102 cm³/mol. The minimum atomic E-state index is 0.0903. The van der Waals surface area contributed by atoms with Gasteiger partial charge in [-0.05, 0) is 41.7 Å². The van der Waals surface area contributed by atoms with Gasteiger partial charge in [0, 0.05) is 49.7 Å². The van der Waals surface area contributed by atoms with Crippen LogP contribution in [-0.2, 0) is 0 Å². The van der Waals surface area contributed by atoms with Crippen molar-refractivity contribution in [2.75, 3.05) is 31.1 Å². The Hall–Kier alpha value is -2.93. The summed E-state index contributed by atoms with van der Waals surface area (Å²) in [5, 5.41) is 29.8. The lowest BCUT2D eigenvalue weighted by Gasteiger charge is -2.18. The molecule has 0 aliphatic carbocycles. The molecule has 2 atom stereocenters. The van der Waals surface area contributed by atoms with E-state index in [1.54, 1.807) is 12.1 Å². The minimum absolute atomic E-state index is 0.0903. The van der Waals surface area contributed by atoms with Crippen LogP contribution in [0, 0.1) is 17.2 Å². The molecule has 0 bridgehead atoms. The first-order chi connectivity index (χ1) is 12.7. The van der Waals surface area contributed by atoms with Gasteiger partial charge in [-0.15, -0.1) is 10.2 Å². The van der Waals surface area contributed by atoms with Crippen LogP contribution >= 0.6 is 0 Å². The lowest BCUT2D eigenvalue weighted by molar-refractivity contribution is 0.477. The van der Waals surface area contributed by atoms with E-state index in [2.05, 4.69) is 20.4 Å². The number of fused-ring (bicyclic) bond motifs is 1. The van der Waals surface area contributed by atoms with E-state index in [1.165, 1.54) is 6.20 Å². The van der Waals surface area contributed by atoms with Crippen molar-refractivity contribution in [3.63, 3.8) is 0 Å². The van der Waals surface area contributed by atoms with Crippen molar-refractivity contribution in [2.24, 2.45) is 17.6 Å². The van der Waals surface area contributed by atoms with Crippen LogP contribution in [0.15, 0.2) is 36.5 Å². The van der Waals surface area contributed by atoms with E-state index in [0.717, 1.165) is 38.2 Å². The van der Waals surface area contributed by atoms with Gasteiger partial charge in [0.2, 0.25) is 0 Å². The second-order valence-corrected chi connectivity index (χ2v) is 6.86. The largest absolute Gasteiger partial charge is 0.507 e. The molecule has 2 aliphatic heterocycles. The number of anilines is 1. The number of hydrogen-bond acceptors (Lipinski definition) is 7. The highest BCUT2D eigenvalue weighted by Crippen LogP contribution is 2.32. The molecular formula is C19H22N6O. The summed E-state index contributed by atoms with van der Waals surface area (Å²) in [6.45, 7) is 4.21. The molecule has 2 unspecified atom stereocenters. The fourth-order valence-electron chi connectivity index (χ4n) is 3.84. The van der Waals surface area contributed by atoms with Crippen LogP contribution in [0.5, 0.6) is 5.75 Å². The highest BCUT2D eigenvalue weighted by molar-refractivity contribution is 6.08. The standard InChI is InChI=1S/C19H22N6O/c20-6-13(7-21)12-1-2-16(18(26)5-12)17-3-4-19(24-23-17)25-10-14-8-22-9-15(14)11-25/h1-7,14-15,20,22,26H,8-11,21H2. The van der Waals surface area contributed by atoms with E-state index in [9.17, 15) is 5.11 Å². The summed E-state index contributed by atoms with van der Waals surface area (Å²) < 4.78 is 0. The number of nitrogens with two attached hydrogens (primary N) is 1. The monoisotopic (exact) mass is 350 g/mol. The third-order valence-electron chi connectivity index (χ3n) is 5.31. The molecule has 7 nitrogen and oxygen atoms in total. The summed E-state index contributed by atoms with van der Waals surface area (Å²) >= 11 is 0. The Labute approximate surface area is 152 Å². The maximum atomic E-state index is 10.3. The van der Waals surface area contributed by atoms with Crippen LogP contribution in [0.1, 0.15) is 5.56 Å². The van der Waals surface area contributed by atoms with Crippen LogP contribution in [0.4, 0.5) is 5.82 Å². The third-order valence-corrected chi connectivity index (χ3v) is 5.31. The number of allylic oxidation sites excluding steroid dienone is 1. The van der Waals surface area contributed by atoms with Crippen LogP contribution in [0.25, 0.3) is 16.8 Å². The molecular weight excluding hydrogens is 328 g/mol. The van der Waals surface area contributed by atoms with E-state index in [0.29, 0.717) is 34.2 Å². The Balaban J connectivity index is 1.54. The first-order valence-corrected chi connectivity index (χ1v) is 8.75. The molecule has 2 saturated heterocycles. The number of hydrogen-bond donors (Lipinski definition) is 4. The number of phenols is 1. The molecule has 7 heteroatoms. The highest BCUT2D eigenvalue weighted by Gasteiger charge is 2.36. The molecule has 0 radical (unpaired) electrons. The summed E-state index contributed by atoms with van der Waals surface area (Å²) in [6, 6.07) is 9.02. The fourth-order valence-corrected chi connectivity index (χ4v) is 3.84. The zero-order valence-corrected chi connectivity index (χ0v) is 14.4. The molecule has 3 heterocycles. The van der Waals surface area contributed by atoms with Crippen molar-refractivity contribution in [3.05, 3.63) is 42.1 Å². The number of rotatable bonds is 4. The van der Waals surface area contributed by atoms with Crippen molar-refractivity contribution in [1.29, 1.82) is 5.41 Å². The van der Waals surface area contributed by atoms with Crippen molar-refractivity contribution < 1.29 is 5.11 Å². The zero-order chi connectivity index (χ0) is 18.1. The zero-order valence-electron chi connectivity index (χ0n) is 14.4. The van der Waals surface area contributed by atoms with Gasteiger partial charge in [0.05, 0.1) is 5.69 Å². The van der Waals surface area contributed by atoms with Gasteiger partial charge in [0.25, 0.3) is 0 Å². The van der Waals surface area contributed by atoms with Gasteiger partial charge >= 0.3 is 0 Å². The van der Waals surface area contributed by atoms with Crippen molar-refractivity contribution in [1.82, 2.24) is 15.5 Å². The first-order valence-electron chi connectivity index (χ1n) is 8.75. The Bertz CT molecular complexity index is 836. The summed E-state index contributed by atoms with van der Waals surface area (Å²) in [5.74, 6) is 2.38. The minimum Gasteiger partial charge on any atom is -0.507 e. The number of benzene rings is 1. The third kappa shape index (κ3) is 2.90. The van der Waals surface area contributed by atoms with Gasteiger partial charge in [-0.1, -0.05) is 6.07 Å². The number of nitrogens with zero attached hydrogens (tertiary/aromatic N) is 3. The number of aromatic hydroxyl groups is 1. The first kappa shape index (κ1) is 16.5. The van der Waals surface area contributed by atoms with E-state index >= 15 is 0 Å². The van der Waals surface area contributed by atoms with Crippen LogP contribution in [-0.4, -0.2) is 47.7 Å². The van der Waals surface area contributed by atoms with Gasteiger partial charge in [-0.2, -0.15) is 0 Å². The van der Waals surface area contributed by atoms with E-state index in [-0.39, 0.29) is 5.75 Å². The maximum Gasteiger partial charge on any atom is 0.151 e. The molecule has 2 aromatic rings. The van der Waals surface area contributed by atoms with E-state index in [1.807, 2.05) is 18.2 Å². The second kappa shape index (κ2) is 6.76. The average Bonchev–Trinajstić information content (AvgIpc) is 3.25. The number of phenolic OH excluding ortho intramolecular Hbond substituents is 1. The number of aromatic nitrogens is 2. The molecule has 2 fully saturated rings. The molecule has 134 valence electrons. The Morgan fingerprint density at radius 2 is 1.96 bits per heavy atom. The van der Waals surface area contributed by atoms with Gasteiger partial charge in [0.15, 0.2) is 5.82 Å². The molecule has 5 N–H and O–H groups in total. The summed E-state index contributed by atoms with van der Waals surface area (Å²) in [7, 11) is 0. The molecule has 1 aromatic carbocycles. The van der Waals surface area contributed by atoms with Crippen LogP contribution in [0.3, 0.4) is 0 Å². The Morgan fingerprint density at radius 3 is 2.54 bits per heavy atom. The fraction of sp³-hybridized carbons (Fsp3) is 0.316. The second-order valence-electron chi connectivity index (χ2n) is 6.86. The quantitative estimate of drug-likeness (QED) is 0.621. The molecule has 26 heavy (non-hydrogen) atoms. The SMILES string of the molecule is N=CC(=CN)c1ccc(-c2ccc(N3CC4CNCC4C3)nn2)c(O)c1. The van der Waals surface area contributed by atoms with Crippen molar-refractivity contribution in [2.45, 2.75) is 0 Å². The molecule has 0 amide bonds. The molecule has 2 aliphatic rings. The van der Waals surface area contributed by atoms with Gasteiger partial charge in [0.1, 0.15) is 5.75 Å². The smallest absolute Gasteiger partial charge is 0.151 e. The lowest BCUT2D eigenvalue weighted by atomic mass is 10.0. The summed E-state index contributed by atoms with van der Waals surface area (Å²) in [6.07, 6.45) is 2.50. The van der Waals surface area contributed by atoms with Gasteiger partial charge in [-0.3, -0.25) is 0 Å². The van der Waals surface area contributed by atoms with Crippen LogP contribution in [0.2, 0.25) is 0 Å². The average molecular weight is 350 g/mol.